The van der Waals surface area contributed by atoms with Crippen LogP contribution in [0.5, 0.6) is 5.75 Å². The van der Waals surface area contributed by atoms with Crippen molar-refractivity contribution >= 4 is 44.8 Å². The largest absolute Gasteiger partial charge is 0.495 e. The average molecular weight is 417 g/mol. The molecule has 140 valence electrons. The summed E-state index contributed by atoms with van der Waals surface area (Å²) < 4.78 is 32.6. The molecule has 0 aliphatic carbocycles. The number of sulfonamides is 1. The molecule has 0 spiro atoms. The van der Waals surface area contributed by atoms with Gasteiger partial charge in [0.2, 0.25) is 15.9 Å². The minimum atomic E-state index is -4.02. The fourth-order valence-electron chi connectivity index (χ4n) is 2.22. The maximum Gasteiger partial charge on any atom is 0.245 e. The highest BCUT2D eigenvalue weighted by Crippen LogP contribution is 2.27. The summed E-state index contributed by atoms with van der Waals surface area (Å²) in [5, 5.41) is 3.45. The first-order valence-corrected chi connectivity index (χ1v) is 9.81. The third-order valence-corrected chi connectivity index (χ3v) is 5.62. The number of halogens is 2. The zero-order valence-electron chi connectivity index (χ0n) is 14.3. The molecule has 0 aromatic heterocycles. The van der Waals surface area contributed by atoms with Crippen LogP contribution in [-0.2, 0) is 14.8 Å². The fourth-order valence-corrected chi connectivity index (χ4v) is 4.08. The van der Waals surface area contributed by atoms with Gasteiger partial charge in [-0.3, -0.25) is 4.79 Å². The Hall–Kier alpha value is -1.80. The number of rotatable bonds is 6. The lowest BCUT2D eigenvalue weighted by Gasteiger charge is -2.17. The smallest absolute Gasteiger partial charge is 0.245 e. The molecule has 2 N–H and O–H groups in total. The van der Waals surface area contributed by atoms with Crippen molar-refractivity contribution in [1.82, 2.24) is 4.72 Å². The van der Waals surface area contributed by atoms with E-state index in [1.807, 2.05) is 0 Å². The van der Waals surface area contributed by atoms with E-state index in [1.54, 1.807) is 25.1 Å². The van der Waals surface area contributed by atoms with Crippen LogP contribution in [0.25, 0.3) is 0 Å². The van der Waals surface area contributed by atoms with Crippen LogP contribution in [0.1, 0.15) is 12.5 Å². The van der Waals surface area contributed by atoms with Gasteiger partial charge in [0.1, 0.15) is 10.6 Å². The lowest BCUT2D eigenvalue weighted by atomic mass is 10.2. The van der Waals surface area contributed by atoms with Crippen molar-refractivity contribution < 1.29 is 17.9 Å². The SMILES string of the molecule is COc1ccc(Cl)cc1S(=O)(=O)N[C@H](C)C(=O)Nc1ccc(Cl)cc1C. The number of anilines is 1. The summed E-state index contributed by atoms with van der Waals surface area (Å²) in [4.78, 5) is 12.2. The second-order valence-electron chi connectivity index (χ2n) is 5.59. The molecule has 9 heteroatoms. The number of aryl methyl sites for hydroxylation is 1. The van der Waals surface area contributed by atoms with Gasteiger partial charge in [-0.15, -0.1) is 0 Å². The summed E-state index contributed by atoms with van der Waals surface area (Å²) in [5.74, 6) is -0.386. The Morgan fingerprint density at radius 1 is 1.12 bits per heavy atom. The Morgan fingerprint density at radius 3 is 2.35 bits per heavy atom. The molecule has 0 aliphatic rings. The molecule has 0 bridgehead atoms. The highest BCUT2D eigenvalue weighted by Gasteiger charge is 2.25. The molecule has 0 saturated heterocycles. The first-order valence-electron chi connectivity index (χ1n) is 7.57. The van der Waals surface area contributed by atoms with Crippen molar-refractivity contribution in [2.24, 2.45) is 0 Å². The van der Waals surface area contributed by atoms with Gasteiger partial charge >= 0.3 is 0 Å². The highest BCUT2D eigenvalue weighted by atomic mass is 35.5. The molecule has 0 unspecified atom stereocenters. The van der Waals surface area contributed by atoms with E-state index in [2.05, 4.69) is 10.0 Å². The fraction of sp³-hybridized carbons (Fsp3) is 0.235. The standard InChI is InChI=1S/C17H18Cl2N2O4S/c1-10-8-12(18)4-6-14(10)20-17(22)11(2)21-26(23,24)16-9-13(19)5-7-15(16)25-3/h4-9,11,21H,1-3H3,(H,20,22)/t11-/m1/s1. The van der Waals surface area contributed by atoms with Gasteiger partial charge in [0.25, 0.3) is 0 Å². The van der Waals surface area contributed by atoms with Gasteiger partial charge in [-0.2, -0.15) is 4.72 Å². The summed E-state index contributed by atoms with van der Waals surface area (Å²) >= 11 is 11.8. The molecule has 2 rings (SSSR count). The van der Waals surface area contributed by atoms with Crippen molar-refractivity contribution in [2.75, 3.05) is 12.4 Å². The lowest BCUT2D eigenvalue weighted by molar-refractivity contribution is -0.117. The number of hydrogen-bond acceptors (Lipinski definition) is 4. The maximum atomic E-state index is 12.6. The van der Waals surface area contributed by atoms with Crippen molar-refractivity contribution in [3.8, 4) is 5.75 Å². The van der Waals surface area contributed by atoms with E-state index in [1.165, 1.54) is 32.2 Å². The summed E-state index contributed by atoms with van der Waals surface area (Å²) in [6.45, 7) is 3.22. The Kier molecular flexibility index (Phi) is 6.52. The van der Waals surface area contributed by atoms with Gasteiger partial charge in [0.05, 0.1) is 13.2 Å². The van der Waals surface area contributed by atoms with E-state index in [0.717, 1.165) is 5.56 Å². The molecule has 0 fully saturated rings. The molecule has 0 saturated carbocycles. The molecule has 6 nitrogen and oxygen atoms in total. The zero-order chi connectivity index (χ0) is 19.5. The molecule has 0 aliphatic heterocycles. The Morgan fingerprint density at radius 2 is 1.73 bits per heavy atom. The van der Waals surface area contributed by atoms with E-state index >= 15 is 0 Å². The van der Waals surface area contributed by atoms with Crippen LogP contribution in [0, 0.1) is 6.92 Å². The van der Waals surface area contributed by atoms with E-state index in [-0.39, 0.29) is 15.7 Å². The maximum absolute atomic E-state index is 12.6. The summed E-state index contributed by atoms with van der Waals surface area (Å²) in [6, 6.07) is 8.17. The van der Waals surface area contributed by atoms with Crippen LogP contribution in [-0.4, -0.2) is 27.5 Å². The zero-order valence-corrected chi connectivity index (χ0v) is 16.7. The van der Waals surface area contributed by atoms with Crippen LogP contribution in [0.2, 0.25) is 10.0 Å². The minimum absolute atomic E-state index is 0.128. The molecular formula is C17H18Cl2N2O4S. The topological polar surface area (TPSA) is 84.5 Å². The average Bonchev–Trinajstić information content (AvgIpc) is 2.56. The molecule has 2 aromatic rings. The number of carbonyl (C=O) groups is 1. The molecule has 26 heavy (non-hydrogen) atoms. The van der Waals surface area contributed by atoms with E-state index in [0.29, 0.717) is 10.7 Å². The van der Waals surface area contributed by atoms with Gasteiger partial charge in [-0.1, -0.05) is 23.2 Å². The van der Waals surface area contributed by atoms with Crippen LogP contribution in [0.3, 0.4) is 0 Å². The van der Waals surface area contributed by atoms with Crippen molar-refractivity contribution in [3.63, 3.8) is 0 Å². The summed E-state index contributed by atoms with van der Waals surface area (Å²) in [5.41, 5.74) is 1.31. The number of ether oxygens (including phenoxy) is 1. The number of amides is 1. The third-order valence-electron chi connectivity index (χ3n) is 3.59. The Labute approximate surface area is 162 Å². The normalized spacial score (nSPS) is 12.5. The molecule has 2 aromatic carbocycles. The van der Waals surface area contributed by atoms with Gasteiger partial charge in [-0.25, -0.2) is 8.42 Å². The van der Waals surface area contributed by atoms with E-state index in [9.17, 15) is 13.2 Å². The predicted octanol–water partition coefficient (Wildman–Crippen LogP) is 3.62. The number of hydrogen-bond donors (Lipinski definition) is 2. The minimum Gasteiger partial charge on any atom is -0.495 e. The van der Waals surface area contributed by atoms with Crippen LogP contribution < -0.4 is 14.8 Å². The van der Waals surface area contributed by atoms with Gasteiger partial charge in [0, 0.05) is 15.7 Å². The van der Waals surface area contributed by atoms with E-state index < -0.39 is 22.0 Å². The van der Waals surface area contributed by atoms with Gasteiger partial charge < -0.3 is 10.1 Å². The highest BCUT2D eigenvalue weighted by molar-refractivity contribution is 7.89. The summed E-state index contributed by atoms with van der Waals surface area (Å²) in [7, 11) is -2.67. The second kappa shape index (κ2) is 8.26. The van der Waals surface area contributed by atoms with E-state index in [4.69, 9.17) is 27.9 Å². The first-order chi connectivity index (χ1) is 12.1. The number of benzene rings is 2. The number of carbonyl (C=O) groups excluding carboxylic acids is 1. The van der Waals surface area contributed by atoms with Gasteiger partial charge in [0.15, 0.2) is 0 Å². The summed E-state index contributed by atoms with van der Waals surface area (Å²) in [6.07, 6.45) is 0. The predicted molar refractivity (Wildman–Crippen MR) is 103 cm³/mol. The van der Waals surface area contributed by atoms with Crippen molar-refractivity contribution in [2.45, 2.75) is 24.8 Å². The number of methoxy groups -OCH3 is 1. The quantitative estimate of drug-likeness (QED) is 0.752. The van der Waals surface area contributed by atoms with Gasteiger partial charge in [-0.05, 0) is 55.8 Å². The first kappa shape index (κ1) is 20.5. The lowest BCUT2D eigenvalue weighted by Crippen LogP contribution is -2.41. The molecular weight excluding hydrogens is 399 g/mol. The molecule has 1 amide bonds. The van der Waals surface area contributed by atoms with Crippen molar-refractivity contribution in [3.05, 3.63) is 52.0 Å². The number of nitrogens with one attached hydrogen (secondary N) is 2. The van der Waals surface area contributed by atoms with Crippen LogP contribution >= 0.6 is 23.2 Å². The second-order valence-corrected chi connectivity index (χ2v) is 8.14. The van der Waals surface area contributed by atoms with Crippen LogP contribution in [0.4, 0.5) is 5.69 Å². The molecule has 0 heterocycles. The Bertz CT molecular complexity index is 932. The van der Waals surface area contributed by atoms with Crippen LogP contribution in [0.15, 0.2) is 41.3 Å². The van der Waals surface area contributed by atoms with Crippen molar-refractivity contribution in [1.29, 1.82) is 0 Å². The Balaban J connectivity index is 2.18. The molecule has 1 atom stereocenters. The monoisotopic (exact) mass is 416 g/mol. The molecule has 0 radical (unpaired) electrons. The third kappa shape index (κ3) is 4.88.